The molecule has 1 aliphatic rings. The molecule has 1 N–H and O–H groups in total. The van der Waals surface area contributed by atoms with E-state index in [4.69, 9.17) is 9.47 Å². The molecule has 96 valence electrons. The summed E-state index contributed by atoms with van der Waals surface area (Å²) in [5.41, 5.74) is 0. The van der Waals surface area contributed by atoms with Gasteiger partial charge in [0.15, 0.2) is 0 Å². The summed E-state index contributed by atoms with van der Waals surface area (Å²) in [4.78, 5) is 13.6. The maximum Gasteiger partial charge on any atom is 0.248 e. The number of carbonyl (C=O) groups excluding carboxylic acids is 1. The molecule has 0 aromatic heterocycles. The highest BCUT2D eigenvalue weighted by atomic mass is 35.5. The first-order valence-corrected chi connectivity index (χ1v) is 5.32. The lowest BCUT2D eigenvalue weighted by atomic mass is 10.2. The summed E-state index contributed by atoms with van der Waals surface area (Å²) >= 11 is 0. The molecule has 0 aromatic carbocycles. The second kappa shape index (κ2) is 8.75. The van der Waals surface area contributed by atoms with Crippen molar-refractivity contribution >= 4 is 18.3 Å². The van der Waals surface area contributed by atoms with Crippen LogP contribution >= 0.6 is 12.4 Å². The van der Waals surface area contributed by atoms with Crippen LogP contribution in [0.4, 0.5) is 0 Å². The molecule has 16 heavy (non-hydrogen) atoms. The fourth-order valence-electron chi connectivity index (χ4n) is 1.60. The molecule has 0 aromatic rings. The van der Waals surface area contributed by atoms with Gasteiger partial charge < -0.3 is 19.7 Å². The first-order chi connectivity index (χ1) is 7.25. The van der Waals surface area contributed by atoms with E-state index >= 15 is 0 Å². The first kappa shape index (κ1) is 15.6. The molecule has 0 bridgehead atoms. The van der Waals surface area contributed by atoms with E-state index in [1.54, 1.807) is 7.11 Å². The van der Waals surface area contributed by atoms with Gasteiger partial charge in [0, 0.05) is 32.8 Å². The minimum absolute atomic E-state index is 0. The lowest BCUT2D eigenvalue weighted by Crippen LogP contribution is -2.53. The minimum atomic E-state index is 0. The van der Waals surface area contributed by atoms with Crippen molar-refractivity contribution < 1.29 is 14.3 Å². The van der Waals surface area contributed by atoms with Crippen molar-refractivity contribution in [2.75, 3.05) is 46.6 Å². The van der Waals surface area contributed by atoms with Crippen LogP contribution in [0.2, 0.25) is 0 Å². The third-order valence-electron chi connectivity index (χ3n) is 2.48. The summed E-state index contributed by atoms with van der Waals surface area (Å²) < 4.78 is 10.0. The van der Waals surface area contributed by atoms with Crippen LogP contribution in [0.5, 0.6) is 0 Å². The summed E-state index contributed by atoms with van der Waals surface area (Å²) in [6.45, 7) is 5.71. The second-order valence-electron chi connectivity index (χ2n) is 3.69. The van der Waals surface area contributed by atoms with Crippen LogP contribution in [0.25, 0.3) is 0 Å². The zero-order valence-corrected chi connectivity index (χ0v) is 10.7. The molecule has 1 fully saturated rings. The number of rotatable bonds is 5. The molecule has 0 radical (unpaired) electrons. The molecule has 1 aliphatic heterocycles. The average molecular weight is 253 g/mol. The molecule has 1 amide bonds. The number of nitrogens with zero attached hydrogens (tertiary/aromatic N) is 1. The van der Waals surface area contributed by atoms with Gasteiger partial charge in [0.2, 0.25) is 5.91 Å². The van der Waals surface area contributed by atoms with E-state index in [0.717, 1.165) is 19.6 Å². The van der Waals surface area contributed by atoms with Crippen LogP contribution < -0.4 is 5.32 Å². The molecule has 0 spiro atoms. The number of methoxy groups -OCH3 is 1. The smallest absolute Gasteiger partial charge is 0.248 e. The van der Waals surface area contributed by atoms with Gasteiger partial charge in [-0.05, 0) is 6.92 Å². The second-order valence-corrected chi connectivity index (χ2v) is 3.69. The number of carbonyl (C=O) groups is 1. The number of amides is 1. The highest BCUT2D eigenvalue weighted by molar-refractivity contribution is 5.85. The summed E-state index contributed by atoms with van der Waals surface area (Å²) in [6, 6.07) is 0.261. The Morgan fingerprint density at radius 3 is 2.88 bits per heavy atom. The molecule has 1 rings (SSSR count). The van der Waals surface area contributed by atoms with E-state index in [2.05, 4.69) is 5.32 Å². The Morgan fingerprint density at radius 2 is 2.25 bits per heavy atom. The van der Waals surface area contributed by atoms with Gasteiger partial charge in [-0.15, -0.1) is 12.4 Å². The van der Waals surface area contributed by atoms with Crippen molar-refractivity contribution in [2.24, 2.45) is 0 Å². The van der Waals surface area contributed by atoms with E-state index in [9.17, 15) is 4.79 Å². The Bertz CT molecular complexity index is 205. The van der Waals surface area contributed by atoms with Crippen LogP contribution in [-0.2, 0) is 14.3 Å². The van der Waals surface area contributed by atoms with Crippen molar-refractivity contribution in [3.05, 3.63) is 0 Å². The van der Waals surface area contributed by atoms with Gasteiger partial charge in [0.1, 0.15) is 6.61 Å². The molecule has 0 unspecified atom stereocenters. The van der Waals surface area contributed by atoms with Gasteiger partial charge >= 0.3 is 0 Å². The molecule has 6 heteroatoms. The maximum atomic E-state index is 11.7. The Labute approximate surface area is 103 Å². The number of ether oxygens (including phenoxy) is 2. The van der Waals surface area contributed by atoms with Crippen molar-refractivity contribution in [3.8, 4) is 0 Å². The summed E-state index contributed by atoms with van der Waals surface area (Å²) in [5, 5.41) is 3.24. The zero-order chi connectivity index (χ0) is 11.1. The lowest BCUT2D eigenvalue weighted by molar-refractivity contribution is -0.139. The van der Waals surface area contributed by atoms with Crippen LogP contribution in [0, 0.1) is 0 Å². The van der Waals surface area contributed by atoms with Crippen LogP contribution in [0.1, 0.15) is 6.92 Å². The van der Waals surface area contributed by atoms with E-state index in [1.165, 1.54) is 0 Å². The first-order valence-electron chi connectivity index (χ1n) is 5.32. The van der Waals surface area contributed by atoms with Crippen molar-refractivity contribution in [1.29, 1.82) is 0 Å². The highest BCUT2D eigenvalue weighted by Gasteiger charge is 2.22. The van der Waals surface area contributed by atoms with Gasteiger partial charge in [0.25, 0.3) is 0 Å². The third-order valence-corrected chi connectivity index (χ3v) is 2.48. The molecule has 1 saturated heterocycles. The fraction of sp³-hybridized carbons (Fsp3) is 0.900. The van der Waals surface area contributed by atoms with Crippen LogP contribution in [0.3, 0.4) is 0 Å². The van der Waals surface area contributed by atoms with E-state index < -0.39 is 0 Å². The molecule has 0 aliphatic carbocycles. The van der Waals surface area contributed by atoms with E-state index in [-0.39, 0.29) is 31.0 Å². The Morgan fingerprint density at radius 1 is 1.50 bits per heavy atom. The van der Waals surface area contributed by atoms with Gasteiger partial charge in [-0.25, -0.2) is 0 Å². The highest BCUT2D eigenvalue weighted by Crippen LogP contribution is 2.02. The number of hydrogen-bond donors (Lipinski definition) is 1. The molecule has 0 saturated carbocycles. The normalized spacial score (nSPS) is 20.4. The maximum absolute atomic E-state index is 11.7. The number of piperazine rings is 1. The van der Waals surface area contributed by atoms with E-state index in [0.29, 0.717) is 13.2 Å². The predicted molar refractivity (Wildman–Crippen MR) is 64.0 cm³/mol. The fourth-order valence-corrected chi connectivity index (χ4v) is 1.60. The Hall–Kier alpha value is -0.360. The summed E-state index contributed by atoms with van der Waals surface area (Å²) in [5.74, 6) is 0.0695. The van der Waals surface area contributed by atoms with Gasteiger partial charge in [0.05, 0.1) is 13.2 Å². The molecular formula is C10H21ClN2O3. The molecular weight excluding hydrogens is 232 g/mol. The Kier molecular flexibility index (Phi) is 8.56. The van der Waals surface area contributed by atoms with Gasteiger partial charge in [-0.1, -0.05) is 0 Å². The Balaban J connectivity index is 0.00000225. The van der Waals surface area contributed by atoms with Crippen molar-refractivity contribution in [3.63, 3.8) is 0 Å². The largest absolute Gasteiger partial charge is 0.382 e. The van der Waals surface area contributed by atoms with Crippen LogP contribution in [-0.4, -0.2) is 63.4 Å². The summed E-state index contributed by atoms with van der Waals surface area (Å²) in [7, 11) is 1.61. The lowest BCUT2D eigenvalue weighted by Gasteiger charge is -2.33. The molecule has 1 heterocycles. The van der Waals surface area contributed by atoms with Gasteiger partial charge in [-0.3, -0.25) is 4.79 Å². The van der Waals surface area contributed by atoms with Crippen molar-refractivity contribution in [2.45, 2.75) is 13.0 Å². The zero-order valence-electron chi connectivity index (χ0n) is 9.90. The minimum Gasteiger partial charge on any atom is -0.382 e. The standard InChI is InChI=1S/C10H20N2O3.ClH/c1-9-7-11-3-4-12(9)10(13)8-15-6-5-14-2;/h9,11H,3-8H2,1-2H3;1H/t9-;/m1./s1. The number of nitrogens with one attached hydrogen (secondary N) is 1. The van der Waals surface area contributed by atoms with E-state index in [1.807, 2.05) is 11.8 Å². The van der Waals surface area contributed by atoms with Gasteiger partial charge in [-0.2, -0.15) is 0 Å². The van der Waals surface area contributed by atoms with Crippen molar-refractivity contribution in [1.82, 2.24) is 10.2 Å². The molecule has 5 nitrogen and oxygen atoms in total. The third kappa shape index (κ3) is 5.12. The summed E-state index contributed by atoms with van der Waals surface area (Å²) in [6.07, 6.45) is 0. The average Bonchev–Trinajstić information content (AvgIpc) is 2.25. The number of halogens is 1. The number of hydrogen-bond acceptors (Lipinski definition) is 4. The monoisotopic (exact) mass is 252 g/mol. The SMILES string of the molecule is COCCOCC(=O)N1CCNC[C@H]1C.Cl. The molecule has 1 atom stereocenters. The quantitative estimate of drug-likeness (QED) is 0.694. The predicted octanol–water partition coefficient (Wildman–Crippen LogP) is -0.108. The van der Waals surface area contributed by atoms with Crippen LogP contribution in [0.15, 0.2) is 0 Å². The topological polar surface area (TPSA) is 50.8 Å².